The largest absolute Gasteiger partial charge is 0.322 e. The first-order valence-corrected chi connectivity index (χ1v) is 11.5. The van der Waals surface area contributed by atoms with Crippen molar-refractivity contribution in [1.82, 2.24) is 20.2 Å². The van der Waals surface area contributed by atoms with Gasteiger partial charge in [0.2, 0.25) is 5.91 Å². The van der Waals surface area contributed by atoms with Gasteiger partial charge in [0.15, 0.2) is 6.29 Å². The summed E-state index contributed by atoms with van der Waals surface area (Å²) in [6, 6.07) is 14.2. The summed E-state index contributed by atoms with van der Waals surface area (Å²) in [6.07, 6.45) is 9.00. The number of fused-ring (bicyclic) bond motifs is 1. The predicted octanol–water partition coefficient (Wildman–Crippen LogP) is 4.31. The lowest BCUT2D eigenvalue weighted by Gasteiger charge is -2.33. The van der Waals surface area contributed by atoms with Crippen molar-refractivity contribution < 1.29 is 9.59 Å². The number of anilines is 1. The molecular weight excluding hydrogens is 426 g/mol. The van der Waals surface area contributed by atoms with Crippen LogP contribution in [-0.2, 0) is 4.79 Å². The number of rotatable bonds is 6. The maximum Gasteiger partial charge on any atom is 0.247 e. The number of aromatic nitrogens is 2. The average molecular weight is 460 g/mol. The SMILES string of the molecule is C=CC(=O)Nc1ccnc2ccc(-c3cccc(C=O)n3)cc12.CNC1CCCC(N(C)C)C1. The number of benzene rings is 1. The van der Waals surface area contributed by atoms with Crippen LogP contribution in [0.15, 0.2) is 61.3 Å². The van der Waals surface area contributed by atoms with Gasteiger partial charge in [-0.2, -0.15) is 0 Å². The Morgan fingerprint density at radius 2 is 2.00 bits per heavy atom. The molecule has 1 saturated carbocycles. The zero-order valence-electron chi connectivity index (χ0n) is 20.1. The summed E-state index contributed by atoms with van der Waals surface area (Å²) in [7, 11) is 6.44. The van der Waals surface area contributed by atoms with E-state index in [0.717, 1.165) is 28.6 Å². The van der Waals surface area contributed by atoms with E-state index in [-0.39, 0.29) is 5.91 Å². The smallest absolute Gasteiger partial charge is 0.247 e. The summed E-state index contributed by atoms with van der Waals surface area (Å²) >= 11 is 0. The summed E-state index contributed by atoms with van der Waals surface area (Å²) in [5.74, 6) is -0.288. The Balaban J connectivity index is 0.000000248. The standard InChI is InChI=1S/C18H13N3O2.C9H20N2/c1-2-18(23)21-17-8-9-19-16-7-6-12(10-14(16)17)15-5-3-4-13(11-22)20-15;1-10-8-5-4-6-9(7-8)11(2)3/h2-11H,1H2,(H,19,21,23);8-10H,4-7H2,1-3H3. The van der Waals surface area contributed by atoms with Crippen LogP contribution in [0.4, 0.5) is 5.69 Å². The van der Waals surface area contributed by atoms with Crippen LogP contribution in [-0.4, -0.2) is 60.3 Å². The number of nitrogens with zero attached hydrogens (tertiary/aromatic N) is 3. The minimum atomic E-state index is -0.288. The highest BCUT2D eigenvalue weighted by Gasteiger charge is 2.21. The van der Waals surface area contributed by atoms with Gasteiger partial charge in [-0.05, 0) is 76.8 Å². The molecule has 7 heteroatoms. The second-order valence-corrected chi connectivity index (χ2v) is 8.62. The van der Waals surface area contributed by atoms with E-state index in [1.165, 1.54) is 31.8 Å². The lowest BCUT2D eigenvalue weighted by molar-refractivity contribution is -0.111. The van der Waals surface area contributed by atoms with Crippen LogP contribution in [0.2, 0.25) is 0 Å². The van der Waals surface area contributed by atoms with Crippen molar-refractivity contribution in [3.05, 3.63) is 67.0 Å². The second-order valence-electron chi connectivity index (χ2n) is 8.62. The maximum atomic E-state index is 11.6. The van der Waals surface area contributed by atoms with Crippen LogP contribution < -0.4 is 10.6 Å². The van der Waals surface area contributed by atoms with E-state index in [1.54, 1.807) is 24.4 Å². The zero-order chi connectivity index (χ0) is 24.5. The molecule has 34 heavy (non-hydrogen) atoms. The minimum Gasteiger partial charge on any atom is -0.322 e. The molecule has 2 N–H and O–H groups in total. The number of nitrogens with one attached hydrogen (secondary N) is 2. The van der Waals surface area contributed by atoms with Crippen molar-refractivity contribution in [1.29, 1.82) is 0 Å². The second kappa shape index (κ2) is 12.2. The van der Waals surface area contributed by atoms with Crippen molar-refractivity contribution in [3.63, 3.8) is 0 Å². The van der Waals surface area contributed by atoms with Gasteiger partial charge >= 0.3 is 0 Å². The molecule has 1 fully saturated rings. The highest BCUT2D eigenvalue weighted by atomic mass is 16.1. The fourth-order valence-corrected chi connectivity index (χ4v) is 4.17. The zero-order valence-corrected chi connectivity index (χ0v) is 20.1. The first-order valence-electron chi connectivity index (χ1n) is 11.5. The molecule has 0 radical (unpaired) electrons. The molecule has 1 aliphatic carbocycles. The van der Waals surface area contributed by atoms with Crippen molar-refractivity contribution in [2.24, 2.45) is 0 Å². The summed E-state index contributed by atoms with van der Waals surface area (Å²) in [5, 5.41) is 6.91. The lowest BCUT2D eigenvalue weighted by atomic mass is 9.90. The molecule has 0 aliphatic heterocycles. The van der Waals surface area contributed by atoms with Gasteiger partial charge in [-0.25, -0.2) is 4.98 Å². The van der Waals surface area contributed by atoms with Crippen molar-refractivity contribution in [2.75, 3.05) is 26.5 Å². The summed E-state index contributed by atoms with van der Waals surface area (Å²) < 4.78 is 0. The van der Waals surface area contributed by atoms with Crippen molar-refractivity contribution >= 4 is 28.8 Å². The molecular formula is C27H33N5O2. The van der Waals surface area contributed by atoms with E-state index in [2.05, 4.69) is 53.2 Å². The molecule has 2 unspecified atom stereocenters. The fourth-order valence-electron chi connectivity index (χ4n) is 4.17. The lowest BCUT2D eigenvalue weighted by Crippen LogP contribution is -2.40. The maximum absolute atomic E-state index is 11.6. The number of aldehydes is 1. The molecule has 7 nitrogen and oxygen atoms in total. The Kier molecular flexibility index (Phi) is 9.01. The van der Waals surface area contributed by atoms with Crippen LogP contribution in [0.25, 0.3) is 22.2 Å². The molecule has 178 valence electrons. The normalized spacial score (nSPS) is 17.5. The molecule has 2 heterocycles. The molecule has 1 aromatic carbocycles. The number of pyridine rings is 2. The molecule has 2 atom stereocenters. The predicted molar refractivity (Wildman–Crippen MR) is 138 cm³/mol. The third kappa shape index (κ3) is 6.56. The number of hydrogen-bond donors (Lipinski definition) is 2. The molecule has 4 rings (SSSR count). The monoisotopic (exact) mass is 459 g/mol. The third-order valence-electron chi connectivity index (χ3n) is 6.16. The van der Waals surface area contributed by atoms with Gasteiger partial charge in [-0.15, -0.1) is 0 Å². The van der Waals surface area contributed by atoms with Gasteiger partial charge in [0.05, 0.1) is 16.9 Å². The molecule has 1 amide bonds. The Hall–Kier alpha value is -3.42. The van der Waals surface area contributed by atoms with Crippen LogP contribution in [0.3, 0.4) is 0 Å². The van der Waals surface area contributed by atoms with Gasteiger partial charge in [-0.1, -0.05) is 25.1 Å². The fraction of sp³-hybridized carbons (Fsp3) is 0.333. The molecule has 0 saturated heterocycles. The Labute approximate surface area is 201 Å². The number of carbonyl (C=O) groups is 2. The summed E-state index contributed by atoms with van der Waals surface area (Å²) in [6.45, 7) is 3.45. The van der Waals surface area contributed by atoms with Crippen LogP contribution in [0.5, 0.6) is 0 Å². The van der Waals surface area contributed by atoms with Gasteiger partial charge in [0.1, 0.15) is 5.69 Å². The molecule has 0 spiro atoms. The topological polar surface area (TPSA) is 87.2 Å². The van der Waals surface area contributed by atoms with E-state index in [0.29, 0.717) is 23.4 Å². The highest BCUT2D eigenvalue weighted by Crippen LogP contribution is 2.27. The van der Waals surface area contributed by atoms with E-state index >= 15 is 0 Å². The van der Waals surface area contributed by atoms with E-state index in [1.807, 2.05) is 24.3 Å². The molecule has 1 aliphatic rings. The van der Waals surface area contributed by atoms with Crippen molar-refractivity contribution in [2.45, 2.75) is 37.8 Å². The van der Waals surface area contributed by atoms with E-state index < -0.39 is 0 Å². The third-order valence-corrected chi connectivity index (χ3v) is 6.16. The Morgan fingerprint density at radius 3 is 2.71 bits per heavy atom. The molecule has 2 aromatic heterocycles. The highest BCUT2D eigenvalue weighted by molar-refractivity contribution is 6.05. The Bertz CT molecular complexity index is 1140. The first-order chi connectivity index (χ1) is 16.4. The van der Waals surface area contributed by atoms with Gasteiger partial charge in [0.25, 0.3) is 0 Å². The van der Waals surface area contributed by atoms with Crippen LogP contribution >= 0.6 is 0 Å². The quantitative estimate of drug-likeness (QED) is 0.422. The molecule has 0 bridgehead atoms. The van der Waals surface area contributed by atoms with Crippen molar-refractivity contribution in [3.8, 4) is 11.3 Å². The minimum absolute atomic E-state index is 0.288. The average Bonchev–Trinajstić information content (AvgIpc) is 2.89. The first kappa shape index (κ1) is 25.2. The van der Waals surface area contributed by atoms with E-state index in [9.17, 15) is 9.59 Å². The van der Waals surface area contributed by atoms with Crippen LogP contribution in [0, 0.1) is 0 Å². The summed E-state index contributed by atoms with van der Waals surface area (Å²) in [5.41, 5.74) is 3.29. The number of amides is 1. The number of hydrogen-bond acceptors (Lipinski definition) is 6. The van der Waals surface area contributed by atoms with Gasteiger partial charge < -0.3 is 15.5 Å². The number of carbonyl (C=O) groups excluding carboxylic acids is 2. The van der Waals surface area contributed by atoms with E-state index in [4.69, 9.17) is 0 Å². The molecule has 3 aromatic rings. The van der Waals surface area contributed by atoms with Gasteiger partial charge in [0, 0.05) is 29.2 Å². The summed E-state index contributed by atoms with van der Waals surface area (Å²) in [4.78, 5) is 33.4. The van der Waals surface area contributed by atoms with Crippen LogP contribution in [0.1, 0.15) is 36.2 Å². The Morgan fingerprint density at radius 1 is 1.18 bits per heavy atom. The van der Waals surface area contributed by atoms with Gasteiger partial charge in [-0.3, -0.25) is 14.6 Å².